The molecule has 2 amide bonds. The number of nitrogens with zero attached hydrogens (tertiary/aromatic N) is 3. The number of pyridine rings is 1. The predicted molar refractivity (Wildman–Crippen MR) is 126 cm³/mol. The van der Waals surface area contributed by atoms with Crippen LogP contribution >= 0.6 is 0 Å². The van der Waals surface area contributed by atoms with Crippen LogP contribution in [0.5, 0.6) is 5.75 Å². The van der Waals surface area contributed by atoms with Crippen molar-refractivity contribution in [1.29, 1.82) is 0 Å². The molecular weight excluding hydrogens is 430 g/mol. The van der Waals surface area contributed by atoms with Gasteiger partial charge in [0.25, 0.3) is 5.91 Å². The Kier molecular flexibility index (Phi) is 5.48. The first-order valence-corrected chi connectivity index (χ1v) is 11.5. The van der Waals surface area contributed by atoms with Crippen molar-refractivity contribution in [2.75, 3.05) is 13.1 Å². The van der Waals surface area contributed by atoms with E-state index in [1.165, 1.54) is 0 Å². The molecular formula is C27H27N3O4. The average molecular weight is 458 g/mol. The van der Waals surface area contributed by atoms with Gasteiger partial charge in [-0.05, 0) is 42.3 Å². The van der Waals surface area contributed by atoms with Crippen LogP contribution in [-0.4, -0.2) is 50.6 Å². The summed E-state index contributed by atoms with van der Waals surface area (Å²) in [7, 11) is 0. The maximum atomic E-state index is 13.3. The van der Waals surface area contributed by atoms with Crippen LogP contribution in [0.15, 0.2) is 79.1 Å². The normalized spacial score (nSPS) is 21.5. The number of phenols is 1. The lowest BCUT2D eigenvalue weighted by Crippen LogP contribution is -2.58. The van der Waals surface area contributed by atoms with Crippen LogP contribution in [0.4, 0.5) is 4.79 Å². The molecule has 5 rings (SSSR count). The highest BCUT2D eigenvalue weighted by Gasteiger charge is 2.63. The summed E-state index contributed by atoms with van der Waals surface area (Å²) in [6.07, 6.45) is 3.92. The zero-order valence-electron chi connectivity index (χ0n) is 19.1. The number of hydrogen-bond donors (Lipinski definition) is 1. The van der Waals surface area contributed by atoms with Crippen molar-refractivity contribution in [1.82, 2.24) is 14.8 Å². The number of ether oxygens (including phenoxy) is 1. The third-order valence-electron chi connectivity index (χ3n) is 7.31. The van der Waals surface area contributed by atoms with Crippen LogP contribution < -0.4 is 0 Å². The lowest BCUT2D eigenvalue weighted by Gasteiger charge is -2.48. The van der Waals surface area contributed by atoms with E-state index in [2.05, 4.69) is 11.9 Å². The van der Waals surface area contributed by atoms with E-state index < -0.39 is 11.1 Å². The van der Waals surface area contributed by atoms with Crippen molar-refractivity contribution in [3.8, 4) is 5.75 Å². The summed E-state index contributed by atoms with van der Waals surface area (Å²) in [4.78, 5) is 33.9. The van der Waals surface area contributed by atoms with E-state index in [1.807, 2.05) is 47.4 Å². The van der Waals surface area contributed by atoms with E-state index >= 15 is 0 Å². The second kappa shape index (κ2) is 8.48. The molecule has 34 heavy (non-hydrogen) atoms. The van der Waals surface area contributed by atoms with Gasteiger partial charge < -0.3 is 14.7 Å². The van der Waals surface area contributed by atoms with Gasteiger partial charge in [0.2, 0.25) is 0 Å². The molecule has 7 heteroatoms. The van der Waals surface area contributed by atoms with Gasteiger partial charge in [0.15, 0.2) is 0 Å². The van der Waals surface area contributed by atoms with Crippen molar-refractivity contribution in [2.45, 2.75) is 37.5 Å². The largest absolute Gasteiger partial charge is 0.508 e. The highest BCUT2D eigenvalue weighted by molar-refractivity contribution is 5.94. The standard InChI is InChI=1S/C27H27N3O4/c1-26(22-7-3-2-4-8-22)27(34-25(33)30(26)19-20-9-11-23(31)12-10-20)13-16-29(17-14-27)24(32)21-6-5-15-28-18-21/h2-12,15,18,31H,13-14,16-17,19H2,1H3. The molecule has 0 aliphatic carbocycles. The summed E-state index contributed by atoms with van der Waals surface area (Å²) in [5, 5.41) is 9.66. The second-order valence-corrected chi connectivity index (χ2v) is 9.09. The van der Waals surface area contributed by atoms with Crippen molar-refractivity contribution >= 4 is 12.0 Å². The summed E-state index contributed by atoms with van der Waals surface area (Å²) in [6, 6.07) is 20.3. The van der Waals surface area contributed by atoms with E-state index in [-0.39, 0.29) is 17.7 Å². The number of aromatic hydroxyl groups is 1. The Balaban J connectivity index is 1.46. The second-order valence-electron chi connectivity index (χ2n) is 9.09. The number of carbonyl (C=O) groups is 2. The molecule has 0 radical (unpaired) electrons. The Hall–Kier alpha value is -3.87. The van der Waals surface area contributed by atoms with Gasteiger partial charge >= 0.3 is 6.09 Å². The monoisotopic (exact) mass is 457 g/mol. The number of benzene rings is 2. The zero-order chi connectivity index (χ0) is 23.8. The Labute approximate surface area is 198 Å². The molecule has 2 saturated heterocycles. The van der Waals surface area contributed by atoms with Gasteiger partial charge in [-0.1, -0.05) is 42.5 Å². The number of rotatable bonds is 4. The molecule has 1 N–H and O–H groups in total. The SMILES string of the molecule is CC1(c2ccccc2)N(Cc2ccc(O)cc2)C(=O)OC12CCN(C(=O)c1cccnc1)CC2. The summed E-state index contributed by atoms with van der Waals surface area (Å²) in [5.41, 5.74) is 0.951. The highest BCUT2D eigenvalue weighted by Crippen LogP contribution is 2.52. The van der Waals surface area contributed by atoms with Crippen molar-refractivity contribution in [2.24, 2.45) is 0 Å². The molecule has 2 aliphatic rings. The molecule has 3 aromatic rings. The zero-order valence-corrected chi connectivity index (χ0v) is 19.1. The molecule has 174 valence electrons. The van der Waals surface area contributed by atoms with Gasteiger partial charge in [-0.15, -0.1) is 0 Å². The summed E-state index contributed by atoms with van der Waals surface area (Å²) >= 11 is 0. The number of amides is 2. The van der Waals surface area contributed by atoms with Gasteiger partial charge in [0.1, 0.15) is 16.9 Å². The minimum Gasteiger partial charge on any atom is -0.508 e. The average Bonchev–Trinajstić information content (AvgIpc) is 3.08. The first-order chi connectivity index (χ1) is 16.4. The third kappa shape index (κ3) is 3.57. The van der Waals surface area contributed by atoms with Crippen LogP contribution in [0.1, 0.15) is 41.3 Å². The molecule has 7 nitrogen and oxygen atoms in total. The van der Waals surface area contributed by atoms with Gasteiger partial charge in [-0.25, -0.2) is 4.79 Å². The fourth-order valence-electron chi connectivity index (χ4n) is 5.27. The molecule has 1 atom stereocenters. The molecule has 2 aliphatic heterocycles. The lowest BCUT2D eigenvalue weighted by molar-refractivity contribution is -0.0551. The van der Waals surface area contributed by atoms with E-state index in [0.29, 0.717) is 38.0 Å². The van der Waals surface area contributed by atoms with Crippen LogP contribution in [0.3, 0.4) is 0 Å². The molecule has 1 aromatic heterocycles. The van der Waals surface area contributed by atoms with Crippen LogP contribution in [0.2, 0.25) is 0 Å². The van der Waals surface area contributed by atoms with Crippen molar-refractivity contribution in [3.05, 3.63) is 95.8 Å². The Morgan fingerprint density at radius 3 is 2.38 bits per heavy atom. The minimum atomic E-state index is -0.770. The first-order valence-electron chi connectivity index (χ1n) is 11.5. The predicted octanol–water partition coefficient (Wildman–Crippen LogP) is 4.33. The minimum absolute atomic E-state index is 0.0605. The van der Waals surface area contributed by atoms with Crippen molar-refractivity contribution < 1.29 is 19.4 Å². The lowest BCUT2D eigenvalue weighted by atomic mass is 9.70. The summed E-state index contributed by atoms with van der Waals surface area (Å²) < 4.78 is 6.19. The topological polar surface area (TPSA) is 83.0 Å². The maximum absolute atomic E-state index is 13.3. The van der Waals surface area contributed by atoms with Crippen molar-refractivity contribution in [3.63, 3.8) is 0 Å². The van der Waals surface area contributed by atoms with Gasteiger partial charge in [0, 0.05) is 38.3 Å². The molecule has 0 saturated carbocycles. The third-order valence-corrected chi connectivity index (χ3v) is 7.31. The number of phenolic OH excluding ortho intramolecular Hbond substituents is 1. The van der Waals surface area contributed by atoms with E-state index in [9.17, 15) is 14.7 Å². The number of hydrogen-bond acceptors (Lipinski definition) is 5. The Bertz CT molecular complexity index is 1180. The van der Waals surface area contributed by atoms with E-state index in [1.54, 1.807) is 41.6 Å². The smallest absolute Gasteiger partial charge is 0.411 e. The molecule has 2 aromatic carbocycles. The van der Waals surface area contributed by atoms with Crippen LogP contribution in [0.25, 0.3) is 0 Å². The van der Waals surface area contributed by atoms with Gasteiger partial charge in [0.05, 0.1) is 12.1 Å². The van der Waals surface area contributed by atoms with E-state index in [0.717, 1.165) is 11.1 Å². The van der Waals surface area contributed by atoms with Crippen LogP contribution in [0, 0.1) is 0 Å². The maximum Gasteiger partial charge on any atom is 0.411 e. The fraction of sp³-hybridized carbons (Fsp3) is 0.296. The Morgan fingerprint density at radius 2 is 1.74 bits per heavy atom. The molecule has 0 bridgehead atoms. The summed E-state index contributed by atoms with van der Waals surface area (Å²) in [6.45, 7) is 3.38. The number of piperidine rings is 1. The summed E-state index contributed by atoms with van der Waals surface area (Å²) in [5.74, 6) is 0.121. The van der Waals surface area contributed by atoms with E-state index in [4.69, 9.17) is 4.74 Å². The number of likely N-dealkylation sites (tertiary alicyclic amines) is 1. The van der Waals surface area contributed by atoms with Crippen LogP contribution in [-0.2, 0) is 16.8 Å². The fourth-order valence-corrected chi connectivity index (χ4v) is 5.27. The quantitative estimate of drug-likeness (QED) is 0.631. The highest BCUT2D eigenvalue weighted by atomic mass is 16.6. The number of aromatic nitrogens is 1. The molecule has 2 fully saturated rings. The van der Waals surface area contributed by atoms with Gasteiger partial charge in [-0.3, -0.25) is 14.7 Å². The molecule has 1 unspecified atom stereocenters. The number of carbonyl (C=O) groups excluding carboxylic acids is 2. The Morgan fingerprint density at radius 1 is 1.03 bits per heavy atom. The molecule has 3 heterocycles. The van der Waals surface area contributed by atoms with Gasteiger partial charge in [-0.2, -0.15) is 0 Å². The first kappa shape index (κ1) is 21.9. The molecule has 1 spiro atoms.